The van der Waals surface area contributed by atoms with Gasteiger partial charge in [-0.15, -0.1) is 0 Å². The maximum Gasteiger partial charge on any atom is 0.260 e. The van der Waals surface area contributed by atoms with Crippen molar-refractivity contribution in [2.45, 2.75) is 12.5 Å². The third-order valence-corrected chi connectivity index (χ3v) is 3.73. The number of benzene rings is 1. The number of hydrogen-bond acceptors (Lipinski definition) is 6. The number of nitrogens with zero attached hydrogens (tertiary/aromatic N) is 4. The molecule has 0 saturated carbocycles. The molecule has 0 aliphatic carbocycles. The maximum absolute atomic E-state index is 13.5. The number of nitriles is 1. The number of amides is 1. The molecule has 0 N–H and O–H groups in total. The van der Waals surface area contributed by atoms with Crippen LogP contribution in [0.4, 0.5) is 4.39 Å². The van der Waals surface area contributed by atoms with Crippen LogP contribution < -0.4 is 9.47 Å². The lowest BCUT2D eigenvalue weighted by atomic mass is 10.3. The van der Waals surface area contributed by atoms with E-state index in [-0.39, 0.29) is 35.9 Å². The molecule has 0 bridgehead atoms. The molecule has 0 radical (unpaired) electrons. The van der Waals surface area contributed by atoms with Gasteiger partial charge in [0.05, 0.1) is 6.54 Å². The number of ether oxygens (including phenoxy) is 2. The van der Waals surface area contributed by atoms with Gasteiger partial charge in [-0.3, -0.25) is 4.79 Å². The van der Waals surface area contributed by atoms with E-state index in [2.05, 4.69) is 9.97 Å². The van der Waals surface area contributed by atoms with Gasteiger partial charge in [0.15, 0.2) is 18.2 Å². The number of halogens is 1. The zero-order valence-corrected chi connectivity index (χ0v) is 13.3. The minimum atomic E-state index is -0.510. The second-order valence-corrected chi connectivity index (χ2v) is 5.41. The highest BCUT2D eigenvalue weighted by atomic mass is 19.1. The summed E-state index contributed by atoms with van der Waals surface area (Å²) in [5.74, 6) is -0.563. The number of likely N-dealkylation sites (tertiary alicyclic amines) is 1. The van der Waals surface area contributed by atoms with Crippen LogP contribution >= 0.6 is 0 Å². The molecule has 1 unspecified atom stereocenters. The van der Waals surface area contributed by atoms with Gasteiger partial charge >= 0.3 is 0 Å². The molecule has 1 fully saturated rings. The fourth-order valence-corrected chi connectivity index (χ4v) is 2.49. The van der Waals surface area contributed by atoms with Gasteiger partial charge in [-0.25, -0.2) is 14.4 Å². The van der Waals surface area contributed by atoms with E-state index in [0.29, 0.717) is 19.5 Å². The first-order valence-corrected chi connectivity index (χ1v) is 7.70. The number of para-hydroxylation sites is 1. The Morgan fingerprint density at radius 3 is 2.96 bits per heavy atom. The van der Waals surface area contributed by atoms with Crippen LogP contribution in [0.15, 0.2) is 36.7 Å². The lowest BCUT2D eigenvalue weighted by Gasteiger charge is -2.17. The summed E-state index contributed by atoms with van der Waals surface area (Å²) in [4.78, 5) is 21.6. The van der Waals surface area contributed by atoms with E-state index in [1.54, 1.807) is 17.0 Å². The van der Waals surface area contributed by atoms with Crippen molar-refractivity contribution in [3.8, 4) is 17.7 Å². The molecule has 3 rings (SSSR count). The molecule has 1 aromatic carbocycles. The lowest BCUT2D eigenvalue weighted by Crippen LogP contribution is -2.34. The minimum absolute atomic E-state index is 0.0427. The predicted octanol–water partition coefficient (Wildman–Crippen LogP) is 1.55. The largest absolute Gasteiger partial charge is 0.481 e. The zero-order valence-electron chi connectivity index (χ0n) is 13.3. The van der Waals surface area contributed by atoms with Crippen LogP contribution in [0.2, 0.25) is 0 Å². The molecule has 128 valence electrons. The molecule has 1 atom stereocenters. The monoisotopic (exact) mass is 342 g/mol. The molecule has 8 heteroatoms. The van der Waals surface area contributed by atoms with Crippen molar-refractivity contribution in [2.24, 2.45) is 0 Å². The van der Waals surface area contributed by atoms with Gasteiger partial charge in [0.25, 0.3) is 11.8 Å². The van der Waals surface area contributed by atoms with Crippen molar-refractivity contribution >= 4 is 5.91 Å². The summed E-state index contributed by atoms with van der Waals surface area (Å²) < 4.78 is 24.4. The Balaban J connectivity index is 1.53. The predicted molar refractivity (Wildman–Crippen MR) is 84.3 cm³/mol. The molecule has 1 aliphatic rings. The van der Waals surface area contributed by atoms with Crippen LogP contribution in [-0.2, 0) is 4.79 Å². The van der Waals surface area contributed by atoms with Gasteiger partial charge in [-0.2, -0.15) is 5.26 Å². The average molecular weight is 342 g/mol. The highest BCUT2D eigenvalue weighted by Gasteiger charge is 2.29. The van der Waals surface area contributed by atoms with Crippen LogP contribution in [0.5, 0.6) is 11.6 Å². The zero-order chi connectivity index (χ0) is 17.6. The fraction of sp³-hybridized carbons (Fsp3) is 0.294. The summed E-state index contributed by atoms with van der Waals surface area (Å²) in [7, 11) is 0. The van der Waals surface area contributed by atoms with Gasteiger partial charge in [-0.05, 0) is 12.1 Å². The molecule has 7 nitrogen and oxygen atoms in total. The smallest absolute Gasteiger partial charge is 0.260 e. The lowest BCUT2D eigenvalue weighted by molar-refractivity contribution is -0.132. The first-order chi connectivity index (χ1) is 12.2. The normalized spacial score (nSPS) is 16.3. The summed E-state index contributed by atoms with van der Waals surface area (Å²) in [6.07, 6.45) is 3.18. The Labute approximate surface area is 143 Å². The summed E-state index contributed by atoms with van der Waals surface area (Å²) >= 11 is 0. The van der Waals surface area contributed by atoms with Crippen LogP contribution in [0.3, 0.4) is 0 Å². The topological polar surface area (TPSA) is 88.3 Å². The van der Waals surface area contributed by atoms with E-state index in [1.165, 1.54) is 24.5 Å². The van der Waals surface area contributed by atoms with E-state index in [4.69, 9.17) is 14.7 Å². The molecule has 2 aromatic rings. The molecule has 1 amide bonds. The Morgan fingerprint density at radius 1 is 1.36 bits per heavy atom. The average Bonchev–Trinajstić information content (AvgIpc) is 3.10. The van der Waals surface area contributed by atoms with Gasteiger partial charge < -0.3 is 14.4 Å². The standard InChI is InChI=1S/C17H15FN4O3/c18-13-3-1-2-4-15(13)24-11-16(23)22-8-5-12(10-22)25-17-14(9-19)20-6-7-21-17/h1-4,6-7,12H,5,8,10-11H2. The van der Waals surface area contributed by atoms with Crippen LogP contribution in [0.25, 0.3) is 0 Å². The molecule has 25 heavy (non-hydrogen) atoms. The minimum Gasteiger partial charge on any atom is -0.481 e. The summed E-state index contributed by atoms with van der Waals surface area (Å²) in [5, 5.41) is 8.99. The van der Waals surface area contributed by atoms with Crippen molar-refractivity contribution in [1.82, 2.24) is 14.9 Å². The van der Waals surface area contributed by atoms with E-state index in [1.807, 2.05) is 6.07 Å². The quantitative estimate of drug-likeness (QED) is 0.819. The molecule has 1 aliphatic heterocycles. The number of rotatable bonds is 5. The highest BCUT2D eigenvalue weighted by Crippen LogP contribution is 2.19. The van der Waals surface area contributed by atoms with Gasteiger partial charge in [0.1, 0.15) is 12.2 Å². The van der Waals surface area contributed by atoms with Crippen molar-refractivity contribution in [3.05, 3.63) is 48.2 Å². The Hall–Kier alpha value is -3.21. The van der Waals surface area contributed by atoms with Crippen molar-refractivity contribution in [3.63, 3.8) is 0 Å². The molecule has 2 heterocycles. The number of carbonyl (C=O) groups excluding carboxylic acids is 1. The molecule has 1 saturated heterocycles. The Bertz CT molecular complexity index is 808. The van der Waals surface area contributed by atoms with Gasteiger partial charge in [-0.1, -0.05) is 12.1 Å². The van der Waals surface area contributed by atoms with E-state index in [9.17, 15) is 9.18 Å². The first-order valence-electron chi connectivity index (χ1n) is 7.70. The second-order valence-electron chi connectivity index (χ2n) is 5.41. The molecular weight excluding hydrogens is 327 g/mol. The molecular formula is C17H15FN4O3. The molecule has 1 aromatic heterocycles. The van der Waals surface area contributed by atoms with Crippen LogP contribution in [-0.4, -0.2) is 46.6 Å². The summed E-state index contributed by atoms with van der Waals surface area (Å²) in [6.45, 7) is 0.593. The van der Waals surface area contributed by atoms with Crippen LogP contribution in [0.1, 0.15) is 12.1 Å². The fourth-order valence-electron chi connectivity index (χ4n) is 2.49. The van der Waals surface area contributed by atoms with Gasteiger partial charge in [0.2, 0.25) is 5.69 Å². The Kier molecular flexibility index (Phi) is 5.04. The van der Waals surface area contributed by atoms with Crippen molar-refractivity contribution < 1.29 is 18.7 Å². The van der Waals surface area contributed by atoms with E-state index < -0.39 is 5.82 Å². The summed E-state index contributed by atoms with van der Waals surface area (Å²) in [5.41, 5.74) is 0.107. The molecule has 0 spiro atoms. The highest BCUT2D eigenvalue weighted by molar-refractivity contribution is 5.78. The van der Waals surface area contributed by atoms with Gasteiger partial charge in [0, 0.05) is 25.4 Å². The van der Waals surface area contributed by atoms with Crippen LogP contribution in [0, 0.1) is 17.1 Å². The van der Waals surface area contributed by atoms with Crippen molar-refractivity contribution in [2.75, 3.05) is 19.7 Å². The third kappa shape index (κ3) is 4.01. The van der Waals surface area contributed by atoms with Crippen molar-refractivity contribution in [1.29, 1.82) is 5.26 Å². The number of hydrogen-bond donors (Lipinski definition) is 0. The number of carbonyl (C=O) groups is 1. The first kappa shape index (κ1) is 16.6. The number of aromatic nitrogens is 2. The SMILES string of the molecule is N#Cc1nccnc1OC1CCN(C(=O)COc2ccccc2F)C1. The maximum atomic E-state index is 13.5. The second kappa shape index (κ2) is 7.57. The van der Waals surface area contributed by atoms with E-state index >= 15 is 0 Å². The van der Waals surface area contributed by atoms with E-state index in [0.717, 1.165) is 0 Å². The Morgan fingerprint density at radius 2 is 2.16 bits per heavy atom. The third-order valence-electron chi connectivity index (χ3n) is 3.73. The summed E-state index contributed by atoms with van der Waals surface area (Å²) in [6, 6.07) is 7.84.